The van der Waals surface area contributed by atoms with E-state index in [1.165, 1.54) is 13.8 Å². The number of nitrogens with one attached hydrogen (secondary N) is 1. The molecule has 0 spiro atoms. The summed E-state index contributed by atoms with van der Waals surface area (Å²) in [6, 6.07) is 6.34. The molecule has 0 unspecified atom stereocenters. The fourth-order valence-corrected chi connectivity index (χ4v) is 2.88. The first-order valence-corrected chi connectivity index (χ1v) is 11.2. The number of ether oxygens (including phenoxy) is 2. The van der Waals surface area contributed by atoms with E-state index in [1.807, 2.05) is 0 Å². The van der Waals surface area contributed by atoms with Crippen molar-refractivity contribution < 1.29 is 28.7 Å². The van der Waals surface area contributed by atoms with Gasteiger partial charge in [0.25, 0.3) is 5.91 Å². The maximum Gasteiger partial charge on any atom is 0.270 e. The van der Waals surface area contributed by atoms with E-state index in [0.29, 0.717) is 12.1 Å². The van der Waals surface area contributed by atoms with Crippen molar-refractivity contribution in [2.75, 3.05) is 26.4 Å². The molecule has 0 aliphatic heterocycles. The van der Waals surface area contributed by atoms with Crippen molar-refractivity contribution in [3.63, 3.8) is 0 Å². The van der Waals surface area contributed by atoms with E-state index >= 15 is 0 Å². The number of aromatic nitrogens is 2. The Hall–Kier alpha value is -3.30. The van der Waals surface area contributed by atoms with Gasteiger partial charge in [-0.1, -0.05) is 19.1 Å². The second kappa shape index (κ2) is 14.1. The summed E-state index contributed by atoms with van der Waals surface area (Å²) >= 11 is 0. The molecular formula is C25H31N3O6. The molecule has 2 aromatic heterocycles. The molecule has 182 valence electrons. The van der Waals surface area contributed by atoms with Crippen LogP contribution in [-0.2, 0) is 19.1 Å². The summed E-state index contributed by atoms with van der Waals surface area (Å²) in [4.78, 5) is 55.0. The van der Waals surface area contributed by atoms with E-state index in [0.717, 1.165) is 11.1 Å². The maximum atomic E-state index is 12.7. The molecule has 0 aliphatic rings. The van der Waals surface area contributed by atoms with Crippen molar-refractivity contribution in [2.45, 2.75) is 46.1 Å². The molecule has 0 saturated carbocycles. The van der Waals surface area contributed by atoms with Crippen LogP contribution in [-0.4, -0.2) is 65.7 Å². The molecule has 1 amide bonds. The van der Waals surface area contributed by atoms with Crippen molar-refractivity contribution in [3.05, 3.63) is 48.0 Å². The predicted octanol–water partition coefficient (Wildman–Crippen LogP) is 2.83. The topological polar surface area (TPSA) is 125 Å². The normalized spacial score (nSPS) is 10.8. The summed E-state index contributed by atoms with van der Waals surface area (Å²) in [6.45, 7) is 5.57. The van der Waals surface area contributed by atoms with E-state index in [-0.39, 0.29) is 62.3 Å². The Labute approximate surface area is 199 Å². The zero-order valence-corrected chi connectivity index (χ0v) is 19.8. The van der Waals surface area contributed by atoms with Crippen molar-refractivity contribution in [2.24, 2.45) is 0 Å². The number of ketones is 3. The Morgan fingerprint density at radius 2 is 1.32 bits per heavy atom. The highest BCUT2D eigenvalue weighted by Crippen LogP contribution is 2.18. The fourth-order valence-electron chi connectivity index (χ4n) is 2.88. The quantitative estimate of drug-likeness (QED) is 0.312. The zero-order chi connectivity index (χ0) is 24.9. The fraction of sp³-hybridized carbons (Fsp3) is 0.440. The third-order valence-corrected chi connectivity index (χ3v) is 4.87. The van der Waals surface area contributed by atoms with E-state index in [2.05, 4.69) is 15.3 Å². The van der Waals surface area contributed by atoms with Crippen LogP contribution in [0.1, 0.15) is 61.0 Å². The average molecular weight is 470 g/mol. The van der Waals surface area contributed by atoms with Crippen LogP contribution in [0.5, 0.6) is 0 Å². The number of carbonyl (C=O) groups is 4. The molecule has 0 aromatic carbocycles. The van der Waals surface area contributed by atoms with Crippen LogP contribution < -0.4 is 5.32 Å². The van der Waals surface area contributed by atoms with Crippen molar-refractivity contribution in [3.8, 4) is 11.1 Å². The summed E-state index contributed by atoms with van der Waals surface area (Å²) in [5.74, 6) is -0.389. The first-order valence-electron chi connectivity index (χ1n) is 11.2. The van der Waals surface area contributed by atoms with Crippen LogP contribution in [0.4, 0.5) is 0 Å². The van der Waals surface area contributed by atoms with Gasteiger partial charge in [0.2, 0.25) is 0 Å². The Balaban J connectivity index is 1.98. The molecule has 0 atom stereocenters. The van der Waals surface area contributed by atoms with Gasteiger partial charge >= 0.3 is 0 Å². The standard InChI is InChI=1S/C25H31N3O6/c1-4-24(31)22-7-5-19(13-26-22)20-6-8-23(27-14-20)25(32)28-21(15-33-11-9-17(2)29)16-34-12-10-18(3)30/h5-8,13-14,21H,4,9-12,15-16H2,1-3H3,(H,28,32). The van der Waals surface area contributed by atoms with E-state index in [9.17, 15) is 19.2 Å². The van der Waals surface area contributed by atoms with Crippen molar-refractivity contribution in [1.29, 1.82) is 0 Å². The molecule has 0 radical (unpaired) electrons. The van der Waals surface area contributed by atoms with Gasteiger partial charge in [-0.3, -0.25) is 29.1 Å². The van der Waals surface area contributed by atoms with Gasteiger partial charge < -0.3 is 14.8 Å². The van der Waals surface area contributed by atoms with Crippen molar-refractivity contribution >= 4 is 23.3 Å². The molecule has 0 aliphatic carbocycles. The Morgan fingerprint density at radius 3 is 1.74 bits per heavy atom. The number of pyridine rings is 2. The summed E-state index contributed by atoms with van der Waals surface area (Å²) in [5, 5.41) is 2.82. The van der Waals surface area contributed by atoms with Crippen LogP contribution in [0.3, 0.4) is 0 Å². The predicted molar refractivity (Wildman–Crippen MR) is 126 cm³/mol. The third-order valence-electron chi connectivity index (χ3n) is 4.87. The molecule has 0 saturated heterocycles. The Kier molecular flexibility index (Phi) is 11.2. The molecule has 2 rings (SSSR count). The van der Waals surface area contributed by atoms with Crippen LogP contribution in [0, 0.1) is 0 Å². The summed E-state index contributed by atoms with van der Waals surface area (Å²) in [7, 11) is 0. The lowest BCUT2D eigenvalue weighted by atomic mass is 10.1. The molecule has 0 fully saturated rings. The maximum absolute atomic E-state index is 12.7. The molecule has 34 heavy (non-hydrogen) atoms. The molecule has 1 N–H and O–H groups in total. The van der Waals surface area contributed by atoms with Crippen LogP contribution >= 0.6 is 0 Å². The summed E-state index contributed by atoms with van der Waals surface area (Å²) in [6.07, 6.45) is 4.14. The Morgan fingerprint density at radius 1 is 0.824 bits per heavy atom. The number of amides is 1. The molecular weight excluding hydrogens is 438 g/mol. The number of nitrogens with zero attached hydrogens (tertiary/aromatic N) is 2. The molecule has 2 aromatic rings. The molecule has 0 bridgehead atoms. The first kappa shape index (κ1) is 26.9. The highest BCUT2D eigenvalue weighted by Gasteiger charge is 2.16. The Bertz CT molecular complexity index is 951. The minimum absolute atomic E-state index is 0.0180. The van der Waals surface area contributed by atoms with E-state index in [4.69, 9.17) is 9.47 Å². The lowest BCUT2D eigenvalue weighted by Gasteiger charge is -2.19. The second-order valence-electron chi connectivity index (χ2n) is 7.87. The number of hydrogen-bond acceptors (Lipinski definition) is 8. The zero-order valence-electron chi connectivity index (χ0n) is 19.8. The average Bonchev–Trinajstić information content (AvgIpc) is 2.83. The first-order chi connectivity index (χ1) is 16.3. The number of rotatable bonds is 15. The van der Waals surface area contributed by atoms with Crippen molar-refractivity contribution in [1.82, 2.24) is 15.3 Å². The monoisotopic (exact) mass is 469 g/mol. The number of hydrogen-bond donors (Lipinski definition) is 1. The largest absolute Gasteiger partial charge is 0.379 e. The minimum atomic E-state index is -0.472. The van der Waals surface area contributed by atoms with Gasteiger partial charge in [0.1, 0.15) is 23.0 Å². The summed E-state index contributed by atoms with van der Waals surface area (Å²) in [5.41, 5.74) is 2.17. The van der Waals surface area contributed by atoms with Gasteiger partial charge in [-0.15, -0.1) is 0 Å². The van der Waals surface area contributed by atoms with Crippen LogP contribution in [0.2, 0.25) is 0 Å². The lowest BCUT2D eigenvalue weighted by Crippen LogP contribution is -2.42. The van der Waals surface area contributed by atoms with Gasteiger partial charge in [-0.25, -0.2) is 0 Å². The number of Topliss-reactive ketones (excluding diaryl/α,β-unsaturated/α-hetero) is 3. The van der Waals surface area contributed by atoms with E-state index in [1.54, 1.807) is 43.6 Å². The molecule has 9 nitrogen and oxygen atoms in total. The minimum Gasteiger partial charge on any atom is -0.379 e. The van der Waals surface area contributed by atoms with Crippen LogP contribution in [0.15, 0.2) is 36.7 Å². The van der Waals surface area contributed by atoms with E-state index < -0.39 is 11.9 Å². The smallest absolute Gasteiger partial charge is 0.270 e. The third kappa shape index (κ3) is 9.29. The van der Waals surface area contributed by atoms with Gasteiger partial charge in [0.15, 0.2) is 5.78 Å². The van der Waals surface area contributed by atoms with Gasteiger partial charge in [-0.2, -0.15) is 0 Å². The highest BCUT2D eigenvalue weighted by molar-refractivity contribution is 5.94. The second-order valence-corrected chi connectivity index (χ2v) is 7.87. The highest BCUT2D eigenvalue weighted by atomic mass is 16.5. The molecule has 9 heteroatoms. The van der Waals surface area contributed by atoms with Gasteiger partial charge in [0, 0.05) is 42.8 Å². The van der Waals surface area contributed by atoms with Gasteiger partial charge in [0.05, 0.1) is 32.5 Å². The lowest BCUT2D eigenvalue weighted by molar-refractivity contribution is -0.118. The van der Waals surface area contributed by atoms with Gasteiger partial charge in [-0.05, 0) is 26.0 Å². The molecule has 2 heterocycles. The van der Waals surface area contributed by atoms with Crippen LogP contribution in [0.25, 0.3) is 11.1 Å². The number of carbonyl (C=O) groups excluding carboxylic acids is 4. The summed E-state index contributed by atoms with van der Waals surface area (Å²) < 4.78 is 11.0. The SMILES string of the molecule is CCC(=O)c1ccc(-c2ccc(C(=O)NC(COCCC(C)=O)COCCC(C)=O)nc2)cn1.